The van der Waals surface area contributed by atoms with Crippen LogP contribution in [0.5, 0.6) is 0 Å². The van der Waals surface area contributed by atoms with E-state index in [9.17, 15) is 4.39 Å². The monoisotopic (exact) mass is 207 g/mol. The summed E-state index contributed by atoms with van der Waals surface area (Å²) in [5.74, 6) is 0.874. The summed E-state index contributed by atoms with van der Waals surface area (Å²) in [7, 11) is 0. The van der Waals surface area contributed by atoms with Crippen molar-refractivity contribution in [3.63, 3.8) is 0 Å². The van der Waals surface area contributed by atoms with E-state index in [-0.39, 0.29) is 0 Å². The zero-order chi connectivity index (χ0) is 10.5. The van der Waals surface area contributed by atoms with Crippen molar-refractivity contribution in [2.24, 2.45) is 0 Å². The van der Waals surface area contributed by atoms with Crippen molar-refractivity contribution >= 4 is 5.95 Å². The average Bonchev–Trinajstić information content (AvgIpc) is 2.74. The van der Waals surface area contributed by atoms with Gasteiger partial charge in [-0.2, -0.15) is 0 Å². The summed E-state index contributed by atoms with van der Waals surface area (Å²) >= 11 is 0. The molecule has 2 aromatic rings. The summed E-state index contributed by atoms with van der Waals surface area (Å²) in [6.07, 6.45) is 4.63. The molecule has 0 aliphatic carbocycles. The minimum Gasteiger partial charge on any atom is -0.469 e. The molecule has 0 amide bonds. The van der Waals surface area contributed by atoms with Crippen molar-refractivity contribution in [1.82, 2.24) is 9.97 Å². The quantitative estimate of drug-likeness (QED) is 0.831. The van der Waals surface area contributed by atoms with Crippen molar-refractivity contribution in [2.75, 3.05) is 11.9 Å². The van der Waals surface area contributed by atoms with E-state index in [1.165, 1.54) is 0 Å². The third kappa shape index (κ3) is 2.77. The van der Waals surface area contributed by atoms with Gasteiger partial charge >= 0.3 is 0 Å². The van der Waals surface area contributed by atoms with Gasteiger partial charge in [0.2, 0.25) is 5.95 Å². The first kappa shape index (κ1) is 9.64. The maximum atomic E-state index is 12.5. The van der Waals surface area contributed by atoms with Crippen LogP contribution in [0.4, 0.5) is 10.3 Å². The Morgan fingerprint density at radius 2 is 2.13 bits per heavy atom. The second-order valence-corrected chi connectivity index (χ2v) is 2.98. The number of anilines is 1. The number of rotatable bonds is 4. The fourth-order valence-corrected chi connectivity index (χ4v) is 1.16. The summed E-state index contributed by atoms with van der Waals surface area (Å²) in [6.45, 7) is 0.652. The molecule has 4 nitrogen and oxygen atoms in total. The van der Waals surface area contributed by atoms with Gasteiger partial charge < -0.3 is 9.73 Å². The summed E-state index contributed by atoms with van der Waals surface area (Å²) < 4.78 is 17.6. The molecule has 5 heteroatoms. The molecule has 0 unspecified atom stereocenters. The highest BCUT2D eigenvalue weighted by atomic mass is 19.1. The maximum Gasteiger partial charge on any atom is 0.222 e. The van der Waals surface area contributed by atoms with Gasteiger partial charge in [0.15, 0.2) is 5.82 Å². The molecular formula is C10H10FN3O. The molecule has 2 heterocycles. The van der Waals surface area contributed by atoms with Crippen LogP contribution in [0, 0.1) is 5.82 Å². The Kier molecular flexibility index (Phi) is 2.92. The minimum atomic E-state index is -0.438. The van der Waals surface area contributed by atoms with Crippen LogP contribution in [0.15, 0.2) is 35.2 Å². The zero-order valence-corrected chi connectivity index (χ0v) is 7.98. The minimum absolute atomic E-state index is 0.419. The van der Waals surface area contributed by atoms with Crippen molar-refractivity contribution in [2.45, 2.75) is 6.42 Å². The van der Waals surface area contributed by atoms with Crippen molar-refractivity contribution < 1.29 is 8.81 Å². The molecule has 0 spiro atoms. The lowest BCUT2D eigenvalue weighted by molar-refractivity contribution is 0.512. The van der Waals surface area contributed by atoms with E-state index in [1.807, 2.05) is 12.1 Å². The Hall–Kier alpha value is -1.91. The molecule has 0 aromatic carbocycles. The Morgan fingerprint density at radius 1 is 1.33 bits per heavy atom. The van der Waals surface area contributed by atoms with Crippen molar-refractivity contribution in [3.8, 4) is 0 Å². The van der Waals surface area contributed by atoms with Crippen LogP contribution >= 0.6 is 0 Å². The zero-order valence-electron chi connectivity index (χ0n) is 7.98. The predicted molar refractivity (Wildman–Crippen MR) is 52.9 cm³/mol. The molecule has 1 N–H and O–H groups in total. The smallest absolute Gasteiger partial charge is 0.222 e. The highest BCUT2D eigenvalue weighted by molar-refractivity contribution is 5.22. The van der Waals surface area contributed by atoms with E-state index in [2.05, 4.69) is 15.3 Å². The number of hydrogen-bond acceptors (Lipinski definition) is 4. The van der Waals surface area contributed by atoms with E-state index >= 15 is 0 Å². The molecule has 0 bridgehead atoms. The molecule has 78 valence electrons. The lowest BCUT2D eigenvalue weighted by atomic mass is 10.3. The molecule has 0 aliphatic heterocycles. The second-order valence-electron chi connectivity index (χ2n) is 2.98. The highest BCUT2D eigenvalue weighted by Gasteiger charge is 1.98. The van der Waals surface area contributed by atoms with Gasteiger partial charge in [0.1, 0.15) is 5.76 Å². The number of furan rings is 1. The molecule has 2 aromatic heterocycles. The van der Waals surface area contributed by atoms with E-state index < -0.39 is 5.82 Å². The van der Waals surface area contributed by atoms with E-state index in [1.54, 1.807) is 6.26 Å². The van der Waals surface area contributed by atoms with E-state index in [0.717, 1.165) is 24.6 Å². The average molecular weight is 207 g/mol. The lowest BCUT2D eigenvalue weighted by Gasteiger charge is -2.01. The molecule has 15 heavy (non-hydrogen) atoms. The molecule has 0 saturated carbocycles. The lowest BCUT2D eigenvalue weighted by Crippen LogP contribution is -2.07. The Balaban J connectivity index is 1.81. The van der Waals surface area contributed by atoms with Gasteiger partial charge in [-0.05, 0) is 12.1 Å². The topological polar surface area (TPSA) is 51.0 Å². The van der Waals surface area contributed by atoms with Crippen LogP contribution in [0.2, 0.25) is 0 Å². The first-order valence-corrected chi connectivity index (χ1v) is 4.58. The summed E-state index contributed by atoms with van der Waals surface area (Å²) in [4.78, 5) is 7.54. The largest absolute Gasteiger partial charge is 0.469 e. The van der Waals surface area contributed by atoms with E-state index in [4.69, 9.17) is 4.42 Å². The van der Waals surface area contributed by atoms with Crippen LogP contribution in [0.25, 0.3) is 0 Å². The SMILES string of the molecule is Fc1cnc(NCCc2ccco2)nc1. The van der Waals surface area contributed by atoms with Gasteiger partial charge in [-0.3, -0.25) is 0 Å². The Bertz CT molecular complexity index is 399. The Morgan fingerprint density at radius 3 is 2.80 bits per heavy atom. The highest BCUT2D eigenvalue weighted by Crippen LogP contribution is 2.02. The number of aromatic nitrogens is 2. The van der Waals surface area contributed by atoms with E-state index in [0.29, 0.717) is 12.5 Å². The molecule has 2 rings (SSSR count). The maximum absolute atomic E-state index is 12.5. The summed E-state index contributed by atoms with van der Waals surface area (Å²) in [6, 6.07) is 3.73. The fourth-order valence-electron chi connectivity index (χ4n) is 1.16. The summed E-state index contributed by atoms with van der Waals surface area (Å²) in [5, 5.41) is 2.96. The molecule has 0 atom stereocenters. The molecule has 0 fully saturated rings. The van der Waals surface area contributed by atoms with Gasteiger partial charge in [-0.1, -0.05) is 0 Å². The van der Waals surface area contributed by atoms with Crippen LogP contribution in [-0.2, 0) is 6.42 Å². The van der Waals surface area contributed by atoms with Gasteiger partial charge in [-0.25, -0.2) is 14.4 Å². The molecule has 0 radical (unpaired) electrons. The molecule has 0 aliphatic rings. The van der Waals surface area contributed by atoms with Gasteiger partial charge in [0, 0.05) is 13.0 Å². The molecular weight excluding hydrogens is 197 g/mol. The van der Waals surface area contributed by atoms with Gasteiger partial charge in [0.25, 0.3) is 0 Å². The third-order valence-electron chi connectivity index (χ3n) is 1.85. The second kappa shape index (κ2) is 4.54. The predicted octanol–water partition coefficient (Wildman–Crippen LogP) is 1.86. The third-order valence-corrected chi connectivity index (χ3v) is 1.85. The van der Waals surface area contributed by atoms with Gasteiger partial charge in [-0.15, -0.1) is 0 Å². The number of hydrogen-bond donors (Lipinski definition) is 1. The normalized spacial score (nSPS) is 10.2. The Labute approximate surface area is 86.2 Å². The number of nitrogens with zero attached hydrogens (tertiary/aromatic N) is 2. The first-order chi connectivity index (χ1) is 7.34. The van der Waals surface area contributed by atoms with Gasteiger partial charge in [0.05, 0.1) is 18.7 Å². The van der Waals surface area contributed by atoms with Crippen molar-refractivity contribution in [1.29, 1.82) is 0 Å². The first-order valence-electron chi connectivity index (χ1n) is 4.58. The van der Waals surface area contributed by atoms with Crippen LogP contribution in [0.1, 0.15) is 5.76 Å². The van der Waals surface area contributed by atoms with Crippen molar-refractivity contribution in [3.05, 3.63) is 42.4 Å². The van der Waals surface area contributed by atoms with Crippen LogP contribution in [-0.4, -0.2) is 16.5 Å². The number of halogens is 1. The summed E-state index contributed by atoms with van der Waals surface area (Å²) in [5.41, 5.74) is 0. The van der Waals surface area contributed by atoms with Crippen LogP contribution < -0.4 is 5.32 Å². The number of nitrogens with one attached hydrogen (secondary N) is 1. The standard InChI is InChI=1S/C10H10FN3O/c11-8-6-13-10(14-7-8)12-4-3-9-2-1-5-15-9/h1-2,5-7H,3-4H2,(H,12,13,14). The van der Waals surface area contributed by atoms with Crippen LogP contribution in [0.3, 0.4) is 0 Å². The fraction of sp³-hybridized carbons (Fsp3) is 0.200. The molecule has 0 saturated heterocycles.